The Labute approximate surface area is 146 Å². The van der Waals surface area contributed by atoms with Gasteiger partial charge in [-0.25, -0.2) is 0 Å². The van der Waals surface area contributed by atoms with E-state index in [1.807, 2.05) is 72.8 Å². The van der Waals surface area contributed by atoms with Gasteiger partial charge in [0.25, 0.3) is 5.91 Å². The third-order valence-corrected chi connectivity index (χ3v) is 4.13. The minimum absolute atomic E-state index is 0.314. The van der Waals surface area contributed by atoms with Crippen LogP contribution in [0.15, 0.2) is 72.8 Å². The fourth-order valence-corrected chi connectivity index (χ4v) is 2.75. The first-order chi connectivity index (χ1) is 12.1. The van der Waals surface area contributed by atoms with E-state index in [4.69, 9.17) is 5.73 Å². The van der Waals surface area contributed by atoms with Gasteiger partial charge in [-0.1, -0.05) is 72.8 Å². The van der Waals surface area contributed by atoms with Crippen molar-refractivity contribution in [1.82, 2.24) is 5.32 Å². The molecule has 1 atom stereocenters. The summed E-state index contributed by atoms with van der Waals surface area (Å²) in [6.07, 6.45) is 0.336. The van der Waals surface area contributed by atoms with Crippen LogP contribution >= 0.6 is 0 Å². The van der Waals surface area contributed by atoms with E-state index in [1.165, 1.54) is 0 Å². The molecule has 1 amide bonds. The van der Waals surface area contributed by atoms with E-state index >= 15 is 0 Å². The fourth-order valence-electron chi connectivity index (χ4n) is 2.75. The van der Waals surface area contributed by atoms with Crippen molar-refractivity contribution < 1.29 is 9.59 Å². The molecule has 25 heavy (non-hydrogen) atoms. The second-order valence-corrected chi connectivity index (χ2v) is 6.02. The Balaban J connectivity index is 1.60. The molecule has 0 aliphatic rings. The Morgan fingerprint density at radius 2 is 1.52 bits per heavy atom. The zero-order chi connectivity index (χ0) is 17.6. The number of carbonyl (C=O) groups is 2. The SMILES string of the molecule is NC(Cc1ccc2ccccc2c1)C(=O)C(=O)NCc1ccccc1. The van der Waals surface area contributed by atoms with E-state index in [2.05, 4.69) is 5.32 Å². The van der Waals surface area contributed by atoms with E-state index in [9.17, 15) is 9.59 Å². The summed E-state index contributed by atoms with van der Waals surface area (Å²) in [5.74, 6) is -1.23. The average molecular weight is 332 g/mol. The van der Waals surface area contributed by atoms with E-state index < -0.39 is 17.7 Å². The van der Waals surface area contributed by atoms with Crippen molar-refractivity contribution in [1.29, 1.82) is 0 Å². The monoisotopic (exact) mass is 332 g/mol. The van der Waals surface area contributed by atoms with Crippen LogP contribution in [0.2, 0.25) is 0 Å². The number of hydrogen-bond acceptors (Lipinski definition) is 3. The van der Waals surface area contributed by atoms with Gasteiger partial charge in [-0.15, -0.1) is 0 Å². The molecule has 0 aliphatic carbocycles. The molecular weight excluding hydrogens is 312 g/mol. The number of ketones is 1. The highest BCUT2D eigenvalue weighted by atomic mass is 16.2. The number of nitrogens with one attached hydrogen (secondary N) is 1. The molecule has 4 nitrogen and oxygen atoms in total. The Bertz CT molecular complexity index is 891. The van der Waals surface area contributed by atoms with Crippen molar-refractivity contribution in [3.63, 3.8) is 0 Å². The molecule has 0 aromatic heterocycles. The van der Waals surface area contributed by atoms with Crippen molar-refractivity contribution >= 4 is 22.5 Å². The maximum Gasteiger partial charge on any atom is 0.289 e. The number of amides is 1. The highest BCUT2D eigenvalue weighted by Crippen LogP contribution is 2.16. The van der Waals surface area contributed by atoms with E-state index in [-0.39, 0.29) is 0 Å². The molecule has 4 heteroatoms. The van der Waals surface area contributed by atoms with Gasteiger partial charge in [0.2, 0.25) is 5.78 Å². The largest absolute Gasteiger partial charge is 0.345 e. The maximum absolute atomic E-state index is 12.2. The maximum atomic E-state index is 12.2. The first kappa shape index (κ1) is 16.9. The van der Waals surface area contributed by atoms with Gasteiger partial charge in [0, 0.05) is 6.54 Å². The molecule has 0 bridgehead atoms. The smallest absolute Gasteiger partial charge is 0.289 e. The number of nitrogens with two attached hydrogens (primary N) is 1. The van der Waals surface area contributed by atoms with Crippen LogP contribution in [0, 0.1) is 0 Å². The van der Waals surface area contributed by atoms with Crippen molar-refractivity contribution in [2.24, 2.45) is 5.73 Å². The molecule has 0 radical (unpaired) electrons. The first-order valence-electron chi connectivity index (χ1n) is 8.23. The Hall–Kier alpha value is -2.98. The van der Waals surface area contributed by atoms with Gasteiger partial charge >= 0.3 is 0 Å². The zero-order valence-corrected chi connectivity index (χ0v) is 13.8. The molecule has 0 aliphatic heterocycles. The molecule has 0 heterocycles. The van der Waals surface area contributed by atoms with Crippen molar-refractivity contribution in [3.05, 3.63) is 83.9 Å². The third kappa shape index (κ3) is 4.31. The van der Waals surface area contributed by atoms with Crippen LogP contribution in [0.4, 0.5) is 0 Å². The molecule has 0 spiro atoms. The van der Waals surface area contributed by atoms with Crippen molar-refractivity contribution in [2.45, 2.75) is 19.0 Å². The third-order valence-electron chi connectivity index (χ3n) is 4.13. The second kappa shape index (κ2) is 7.73. The minimum Gasteiger partial charge on any atom is -0.345 e. The second-order valence-electron chi connectivity index (χ2n) is 6.02. The summed E-state index contributed by atoms with van der Waals surface area (Å²) in [7, 11) is 0. The molecule has 3 aromatic carbocycles. The zero-order valence-electron chi connectivity index (χ0n) is 13.8. The predicted octanol–water partition coefficient (Wildman–Crippen LogP) is 2.60. The summed E-state index contributed by atoms with van der Waals surface area (Å²) in [5.41, 5.74) is 7.83. The number of Topliss-reactive ketones (excluding diaryl/α,β-unsaturated/α-hetero) is 1. The molecule has 0 saturated heterocycles. The van der Waals surface area contributed by atoms with Gasteiger partial charge in [-0.2, -0.15) is 0 Å². The van der Waals surface area contributed by atoms with Crippen LogP contribution in [0.5, 0.6) is 0 Å². The highest BCUT2D eigenvalue weighted by molar-refractivity contribution is 6.38. The number of carbonyl (C=O) groups excluding carboxylic acids is 2. The lowest BCUT2D eigenvalue weighted by atomic mass is 9.99. The molecule has 0 fully saturated rings. The quantitative estimate of drug-likeness (QED) is 0.682. The Kier molecular flexibility index (Phi) is 5.21. The van der Waals surface area contributed by atoms with E-state index in [0.29, 0.717) is 13.0 Å². The molecule has 1 unspecified atom stereocenters. The topological polar surface area (TPSA) is 72.2 Å². The Morgan fingerprint density at radius 3 is 2.28 bits per heavy atom. The van der Waals surface area contributed by atoms with Crippen LogP contribution in [-0.2, 0) is 22.6 Å². The van der Waals surface area contributed by atoms with Crippen LogP contribution in [0.1, 0.15) is 11.1 Å². The van der Waals surface area contributed by atoms with Gasteiger partial charge in [-0.05, 0) is 28.3 Å². The normalized spacial score (nSPS) is 11.9. The van der Waals surface area contributed by atoms with Gasteiger partial charge in [0.15, 0.2) is 0 Å². The molecule has 126 valence electrons. The fraction of sp³-hybridized carbons (Fsp3) is 0.143. The van der Waals surface area contributed by atoms with E-state index in [0.717, 1.165) is 21.9 Å². The molecule has 0 saturated carbocycles. The van der Waals surface area contributed by atoms with Gasteiger partial charge in [0.1, 0.15) is 0 Å². The highest BCUT2D eigenvalue weighted by Gasteiger charge is 2.21. The summed E-state index contributed by atoms with van der Waals surface area (Å²) in [6.45, 7) is 0.314. The summed E-state index contributed by atoms with van der Waals surface area (Å²) < 4.78 is 0. The van der Waals surface area contributed by atoms with Gasteiger partial charge in [0.05, 0.1) is 6.04 Å². The minimum atomic E-state index is -0.850. The molecule has 3 rings (SSSR count). The number of hydrogen-bond donors (Lipinski definition) is 2. The van der Waals surface area contributed by atoms with Crippen LogP contribution in [0.25, 0.3) is 10.8 Å². The molecular formula is C21H20N2O2. The van der Waals surface area contributed by atoms with Crippen molar-refractivity contribution in [2.75, 3.05) is 0 Å². The summed E-state index contributed by atoms with van der Waals surface area (Å²) in [5, 5.41) is 4.85. The summed E-state index contributed by atoms with van der Waals surface area (Å²) in [6, 6.07) is 22.5. The lowest BCUT2D eigenvalue weighted by Crippen LogP contribution is -2.43. The average Bonchev–Trinajstić information content (AvgIpc) is 2.66. The van der Waals surface area contributed by atoms with Crippen LogP contribution in [-0.4, -0.2) is 17.7 Å². The van der Waals surface area contributed by atoms with Gasteiger partial charge < -0.3 is 11.1 Å². The van der Waals surface area contributed by atoms with Crippen LogP contribution in [0.3, 0.4) is 0 Å². The standard InChI is InChI=1S/C21H20N2O2/c22-19(13-16-10-11-17-8-4-5-9-18(17)12-16)20(24)21(25)23-14-15-6-2-1-3-7-15/h1-12,19H,13-14,22H2,(H,23,25). The van der Waals surface area contributed by atoms with Gasteiger partial charge in [-0.3, -0.25) is 9.59 Å². The number of rotatable bonds is 6. The predicted molar refractivity (Wildman–Crippen MR) is 98.9 cm³/mol. The lowest BCUT2D eigenvalue weighted by molar-refractivity contribution is -0.138. The Morgan fingerprint density at radius 1 is 0.840 bits per heavy atom. The van der Waals surface area contributed by atoms with E-state index in [1.54, 1.807) is 0 Å². The first-order valence-corrected chi connectivity index (χ1v) is 8.23. The lowest BCUT2D eigenvalue weighted by Gasteiger charge is -2.11. The summed E-state index contributed by atoms with van der Waals surface area (Å²) in [4.78, 5) is 24.2. The number of fused-ring (bicyclic) bond motifs is 1. The molecule has 3 N–H and O–H groups in total. The van der Waals surface area contributed by atoms with Crippen molar-refractivity contribution in [3.8, 4) is 0 Å². The number of benzene rings is 3. The van der Waals surface area contributed by atoms with Crippen LogP contribution < -0.4 is 11.1 Å². The molecule has 3 aromatic rings. The summed E-state index contributed by atoms with van der Waals surface area (Å²) >= 11 is 0.